The number of ether oxygens (including phenoxy) is 1. The van der Waals surface area contributed by atoms with Crippen molar-refractivity contribution in [3.05, 3.63) is 71.5 Å². The maximum absolute atomic E-state index is 12.9. The lowest BCUT2D eigenvalue weighted by molar-refractivity contribution is 0.0670. The van der Waals surface area contributed by atoms with Crippen LogP contribution < -0.4 is 0 Å². The van der Waals surface area contributed by atoms with Crippen molar-refractivity contribution in [1.82, 2.24) is 9.80 Å². The van der Waals surface area contributed by atoms with Crippen LogP contribution in [0.3, 0.4) is 0 Å². The summed E-state index contributed by atoms with van der Waals surface area (Å²) in [4.78, 5) is 16.9. The molecular weight excluding hydrogens is 343 g/mol. The van der Waals surface area contributed by atoms with Crippen molar-refractivity contribution in [2.45, 2.75) is 13.0 Å². The van der Waals surface area contributed by atoms with Crippen LogP contribution in [0, 0.1) is 5.82 Å². The van der Waals surface area contributed by atoms with E-state index in [1.165, 1.54) is 12.1 Å². The molecule has 2 aromatic rings. The first-order chi connectivity index (χ1) is 13.2. The molecule has 27 heavy (non-hydrogen) atoms. The van der Waals surface area contributed by atoms with E-state index < -0.39 is 0 Å². The summed E-state index contributed by atoms with van der Waals surface area (Å²) in [6, 6.07) is 15.9. The second-order valence-electron chi connectivity index (χ2n) is 6.90. The first kappa shape index (κ1) is 19.7. The minimum Gasteiger partial charge on any atom is -0.375 e. The van der Waals surface area contributed by atoms with Crippen LogP contribution in [0.4, 0.5) is 4.39 Å². The van der Waals surface area contributed by atoms with Crippen molar-refractivity contribution < 1.29 is 13.9 Å². The zero-order valence-corrected chi connectivity index (χ0v) is 15.6. The van der Waals surface area contributed by atoms with Gasteiger partial charge in [0.1, 0.15) is 5.82 Å². The fraction of sp³-hybridized carbons (Fsp3) is 0.409. The zero-order chi connectivity index (χ0) is 18.9. The number of rotatable bonds is 9. The van der Waals surface area contributed by atoms with E-state index >= 15 is 0 Å². The van der Waals surface area contributed by atoms with Gasteiger partial charge in [0.15, 0.2) is 5.78 Å². The quantitative estimate of drug-likeness (QED) is 0.501. The van der Waals surface area contributed by atoms with Crippen LogP contribution >= 0.6 is 0 Å². The fourth-order valence-corrected chi connectivity index (χ4v) is 3.23. The molecule has 0 N–H and O–H groups in total. The molecule has 0 atom stereocenters. The lowest BCUT2D eigenvalue weighted by Gasteiger charge is -2.34. The zero-order valence-electron chi connectivity index (χ0n) is 15.6. The maximum Gasteiger partial charge on any atom is 0.164 e. The molecule has 1 aliphatic rings. The molecule has 0 bridgehead atoms. The Hall–Kier alpha value is -2.08. The van der Waals surface area contributed by atoms with Crippen LogP contribution in [0.2, 0.25) is 0 Å². The molecule has 1 aliphatic heterocycles. The number of piperazine rings is 1. The van der Waals surface area contributed by atoms with Gasteiger partial charge in [-0.1, -0.05) is 42.5 Å². The number of benzene rings is 2. The van der Waals surface area contributed by atoms with Crippen molar-refractivity contribution in [3.8, 4) is 0 Å². The Morgan fingerprint density at radius 3 is 2.19 bits per heavy atom. The van der Waals surface area contributed by atoms with E-state index in [1.807, 2.05) is 30.3 Å². The number of carbonyl (C=O) groups excluding carboxylic acids is 1. The van der Waals surface area contributed by atoms with Gasteiger partial charge in [-0.2, -0.15) is 0 Å². The highest BCUT2D eigenvalue weighted by molar-refractivity contribution is 5.96. The van der Waals surface area contributed by atoms with Gasteiger partial charge >= 0.3 is 0 Å². The van der Waals surface area contributed by atoms with Crippen LogP contribution in [0.15, 0.2) is 54.6 Å². The summed E-state index contributed by atoms with van der Waals surface area (Å²) < 4.78 is 18.6. The number of hydrogen-bond acceptors (Lipinski definition) is 4. The lowest BCUT2D eigenvalue weighted by Crippen LogP contribution is -2.47. The molecule has 3 rings (SSSR count). The average Bonchev–Trinajstić information content (AvgIpc) is 2.72. The Labute approximate surface area is 160 Å². The van der Waals surface area contributed by atoms with Crippen molar-refractivity contribution in [2.24, 2.45) is 0 Å². The van der Waals surface area contributed by atoms with Crippen molar-refractivity contribution in [1.29, 1.82) is 0 Å². The Morgan fingerprint density at radius 1 is 0.889 bits per heavy atom. The highest BCUT2D eigenvalue weighted by Crippen LogP contribution is 2.08. The van der Waals surface area contributed by atoms with Gasteiger partial charge in [-0.05, 0) is 17.7 Å². The van der Waals surface area contributed by atoms with E-state index in [-0.39, 0.29) is 11.6 Å². The SMILES string of the molecule is O=C(CCN1CCN(CCOCc2ccc(F)cc2)CC1)c1ccccc1. The van der Waals surface area contributed by atoms with Gasteiger partial charge in [-0.25, -0.2) is 4.39 Å². The van der Waals surface area contributed by atoms with E-state index in [4.69, 9.17) is 4.74 Å². The fourth-order valence-electron chi connectivity index (χ4n) is 3.23. The summed E-state index contributed by atoms with van der Waals surface area (Å²) in [5.74, 6) is -0.00527. The third-order valence-electron chi connectivity index (χ3n) is 4.95. The molecule has 0 saturated carbocycles. The molecule has 4 nitrogen and oxygen atoms in total. The molecule has 0 unspecified atom stereocenters. The number of Topliss-reactive ketones (excluding diaryl/α,β-unsaturated/α-hetero) is 1. The molecule has 0 aliphatic carbocycles. The predicted octanol–water partition coefficient (Wildman–Crippen LogP) is 3.23. The summed E-state index contributed by atoms with van der Waals surface area (Å²) in [5.41, 5.74) is 1.79. The third kappa shape index (κ3) is 6.54. The highest BCUT2D eigenvalue weighted by Gasteiger charge is 2.17. The smallest absolute Gasteiger partial charge is 0.164 e. The molecule has 1 saturated heterocycles. The molecule has 5 heteroatoms. The molecular formula is C22H27FN2O2. The maximum atomic E-state index is 12.9. The van der Waals surface area contributed by atoms with Crippen molar-refractivity contribution >= 4 is 5.78 Å². The summed E-state index contributed by atoms with van der Waals surface area (Å²) in [7, 11) is 0. The molecule has 0 spiro atoms. The molecule has 0 radical (unpaired) electrons. The van der Waals surface area contributed by atoms with Gasteiger partial charge in [0.05, 0.1) is 13.2 Å². The van der Waals surface area contributed by atoms with E-state index in [1.54, 1.807) is 12.1 Å². The molecule has 0 aromatic heterocycles. The molecule has 1 heterocycles. The summed E-state index contributed by atoms with van der Waals surface area (Å²) >= 11 is 0. The second kappa shape index (κ2) is 10.3. The Balaban J connectivity index is 1.27. The topological polar surface area (TPSA) is 32.8 Å². The van der Waals surface area contributed by atoms with Crippen LogP contribution in [0.1, 0.15) is 22.3 Å². The second-order valence-corrected chi connectivity index (χ2v) is 6.90. The van der Waals surface area contributed by atoms with Crippen LogP contribution in [-0.2, 0) is 11.3 Å². The lowest BCUT2D eigenvalue weighted by atomic mass is 10.1. The summed E-state index contributed by atoms with van der Waals surface area (Å²) in [5, 5.41) is 0. The number of carbonyl (C=O) groups is 1. The number of ketones is 1. The van der Waals surface area contributed by atoms with Crippen LogP contribution in [-0.4, -0.2) is 61.5 Å². The summed E-state index contributed by atoms with van der Waals surface area (Å²) in [6.07, 6.45) is 0.574. The average molecular weight is 370 g/mol. The number of nitrogens with zero attached hydrogens (tertiary/aromatic N) is 2. The largest absolute Gasteiger partial charge is 0.375 e. The number of halogens is 1. The number of hydrogen-bond donors (Lipinski definition) is 0. The first-order valence-corrected chi connectivity index (χ1v) is 9.56. The normalized spacial score (nSPS) is 15.7. The first-order valence-electron chi connectivity index (χ1n) is 9.56. The van der Waals surface area contributed by atoms with E-state index in [2.05, 4.69) is 9.80 Å². The van der Waals surface area contributed by atoms with Gasteiger partial charge in [0.25, 0.3) is 0 Å². The van der Waals surface area contributed by atoms with Crippen LogP contribution in [0.25, 0.3) is 0 Å². The van der Waals surface area contributed by atoms with Gasteiger partial charge in [0, 0.05) is 51.3 Å². The van der Waals surface area contributed by atoms with E-state index in [0.29, 0.717) is 19.6 Å². The highest BCUT2D eigenvalue weighted by atomic mass is 19.1. The van der Waals surface area contributed by atoms with Gasteiger partial charge < -0.3 is 9.64 Å². The predicted molar refractivity (Wildman–Crippen MR) is 104 cm³/mol. The monoisotopic (exact) mass is 370 g/mol. The minimum atomic E-state index is -0.220. The van der Waals surface area contributed by atoms with Gasteiger partial charge in [-0.3, -0.25) is 9.69 Å². The van der Waals surface area contributed by atoms with Gasteiger partial charge in [0.2, 0.25) is 0 Å². The molecule has 144 valence electrons. The van der Waals surface area contributed by atoms with Crippen molar-refractivity contribution in [2.75, 3.05) is 45.9 Å². The third-order valence-corrected chi connectivity index (χ3v) is 4.95. The Bertz CT molecular complexity index is 698. The van der Waals surface area contributed by atoms with Crippen molar-refractivity contribution in [3.63, 3.8) is 0 Å². The van der Waals surface area contributed by atoms with E-state index in [9.17, 15) is 9.18 Å². The summed E-state index contributed by atoms with van der Waals surface area (Å²) in [6.45, 7) is 6.88. The van der Waals surface area contributed by atoms with Gasteiger partial charge in [-0.15, -0.1) is 0 Å². The van der Waals surface area contributed by atoms with E-state index in [0.717, 1.165) is 50.4 Å². The Morgan fingerprint density at radius 2 is 1.52 bits per heavy atom. The minimum absolute atomic E-state index is 0.215. The van der Waals surface area contributed by atoms with Crippen LogP contribution in [0.5, 0.6) is 0 Å². The Kier molecular flexibility index (Phi) is 7.51. The molecule has 0 amide bonds. The molecule has 2 aromatic carbocycles. The molecule has 1 fully saturated rings. The standard InChI is InChI=1S/C22H27FN2O2/c23-21-8-6-19(7-9-21)18-27-17-16-25-14-12-24(13-15-25)11-10-22(26)20-4-2-1-3-5-20/h1-9H,10-18H2.